The van der Waals surface area contributed by atoms with Gasteiger partial charge in [-0.1, -0.05) is 43.9 Å². The van der Waals surface area contributed by atoms with Crippen molar-refractivity contribution in [3.63, 3.8) is 0 Å². The second kappa shape index (κ2) is 10.0. The van der Waals surface area contributed by atoms with E-state index in [1.54, 1.807) is 18.3 Å². The number of nitrogens with two attached hydrogens (primary N) is 1. The first kappa shape index (κ1) is 20.0. The number of allylic oxidation sites excluding steroid dienone is 2. The minimum Gasteiger partial charge on any atom is -0.398 e. The number of unbranched alkanes of at least 4 members (excludes halogenated alkanes) is 2. The predicted octanol–water partition coefficient (Wildman–Crippen LogP) is 3.12. The van der Waals surface area contributed by atoms with Gasteiger partial charge >= 0.3 is 0 Å². The Kier molecular flexibility index (Phi) is 7.43. The van der Waals surface area contributed by atoms with Crippen LogP contribution in [0.4, 0.5) is 0 Å². The molecular formula is C21H26N4O2. The Hall–Kier alpha value is -3.28. The molecule has 0 radical (unpaired) electrons. The van der Waals surface area contributed by atoms with Gasteiger partial charge in [-0.15, -0.1) is 0 Å². The average Bonchev–Trinajstić information content (AvgIpc) is 3.08. The minimum absolute atomic E-state index is 0.0918. The molecule has 2 aromatic rings. The van der Waals surface area contributed by atoms with Gasteiger partial charge in [-0.05, 0) is 25.0 Å². The van der Waals surface area contributed by atoms with Crippen molar-refractivity contribution < 1.29 is 9.59 Å². The quantitative estimate of drug-likeness (QED) is 0.384. The van der Waals surface area contributed by atoms with Crippen molar-refractivity contribution in [2.24, 2.45) is 5.73 Å². The summed E-state index contributed by atoms with van der Waals surface area (Å²) in [6, 6.07) is 7.70. The maximum Gasteiger partial charge on any atom is 0.253 e. The fourth-order valence-corrected chi connectivity index (χ4v) is 2.70. The van der Waals surface area contributed by atoms with E-state index in [4.69, 9.17) is 5.73 Å². The molecule has 6 nitrogen and oxygen atoms in total. The van der Waals surface area contributed by atoms with Gasteiger partial charge in [-0.2, -0.15) is 0 Å². The summed E-state index contributed by atoms with van der Waals surface area (Å²) in [5.74, 6) is -0.205. The largest absolute Gasteiger partial charge is 0.398 e. The van der Waals surface area contributed by atoms with Gasteiger partial charge < -0.3 is 21.4 Å². The summed E-state index contributed by atoms with van der Waals surface area (Å²) in [7, 11) is 0. The highest BCUT2D eigenvalue weighted by Gasteiger charge is 2.11. The fraction of sp³-hybridized carbons (Fsp3) is 0.238. The standard InChI is InChI=1S/C21H26N4O2/c1-3-9-18(15(2)22)25-20(26)12-5-4-8-13-23-21(27)17-14-24-19-11-7-6-10-16(17)19/h3,6-7,9-11,14,24H,1-2,4-5,8,12-13,22H2,(H,23,27)(H,25,26)/b18-9+. The van der Waals surface area contributed by atoms with Crippen LogP contribution in [0.5, 0.6) is 0 Å². The summed E-state index contributed by atoms with van der Waals surface area (Å²) < 4.78 is 0. The molecule has 2 amide bonds. The molecule has 5 N–H and O–H groups in total. The Morgan fingerprint density at radius 2 is 1.96 bits per heavy atom. The van der Waals surface area contributed by atoms with E-state index < -0.39 is 0 Å². The van der Waals surface area contributed by atoms with Crippen molar-refractivity contribution in [3.05, 3.63) is 72.7 Å². The molecule has 0 unspecified atom stereocenters. The molecule has 0 aliphatic heterocycles. The number of H-pyrrole nitrogens is 1. The number of benzene rings is 1. The Morgan fingerprint density at radius 3 is 2.70 bits per heavy atom. The van der Waals surface area contributed by atoms with Crippen LogP contribution in [0.3, 0.4) is 0 Å². The van der Waals surface area contributed by atoms with E-state index in [0.29, 0.717) is 29.9 Å². The highest BCUT2D eigenvalue weighted by Crippen LogP contribution is 2.17. The average molecular weight is 366 g/mol. The van der Waals surface area contributed by atoms with Gasteiger partial charge in [-0.25, -0.2) is 0 Å². The Labute approximate surface area is 159 Å². The number of aromatic amines is 1. The second-order valence-electron chi connectivity index (χ2n) is 6.20. The molecule has 0 fully saturated rings. The molecule has 6 heteroatoms. The van der Waals surface area contributed by atoms with Crippen LogP contribution in [-0.4, -0.2) is 23.3 Å². The van der Waals surface area contributed by atoms with Crippen molar-refractivity contribution in [1.29, 1.82) is 0 Å². The molecule has 1 aromatic carbocycles. The number of nitrogens with one attached hydrogen (secondary N) is 3. The van der Waals surface area contributed by atoms with Gasteiger partial charge in [0.1, 0.15) is 0 Å². The number of amides is 2. The number of fused-ring (bicyclic) bond motifs is 1. The van der Waals surface area contributed by atoms with Crippen LogP contribution >= 0.6 is 0 Å². The lowest BCUT2D eigenvalue weighted by Gasteiger charge is -2.09. The third-order valence-corrected chi connectivity index (χ3v) is 4.10. The van der Waals surface area contributed by atoms with Crippen molar-refractivity contribution in [2.75, 3.05) is 6.54 Å². The molecule has 142 valence electrons. The van der Waals surface area contributed by atoms with Crippen molar-refractivity contribution in [3.8, 4) is 0 Å². The molecule has 1 aromatic heterocycles. The van der Waals surface area contributed by atoms with Crippen LogP contribution in [-0.2, 0) is 4.79 Å². The zero-order valence-corrected chi connectivity index (χ0v) is 15.4. The van der Waals surface area contributed by atoms with Crippen LogP contribution in [0.2, 0.25) is 0 Å². The Balaban J connectivity index is 1.66. The van der Waals surface area contributed by atoms with Crippen molar-refractivity contribution in [2.45, 2.75) is 25.7 Å². The van der Waals surface area contributed by atoms with E-state index >= 15 is 0 Å². The SMILES string of the molecule is C=C/C=C(/NC(=O)CCCCCNC(=O)c1c[nH]c2ccccc12)C(=C)N. The van der Waals surface area contributed by atoms with Gasteiger partial charge in [0.25, 0.3) is 5.91 Å². The van der Waals surface area contributed by atoms with Crippen LogP contribution in [0.15, 0.2) is 67.2 Å². The van der Waals surface area contributed by atoms with Crippen LogP contribution in [0.1, 0.15) is 36.0 Å². The first-order valence-electron chi connectivity index (χ1n) is 8.94. The minimum atomic E-state index is -0.113. The molecule has 1 heterocycles. The molecule has 0 bridgehead atoms. The number of carbonyl (C=O) groups is 2. The zero-order valence-electron chi connectivity index (χ0n) is 15.4. The van der Waals surface area contributed by atoms with Gasteiger partial charge in [0, 0.05) is 35.8 Å². The Morgan fingerprint density at radius 1 is 1.19 bits per heavy atom. The molecule has 0 spiro atoms. The van der Waals surface area contributed by atoms with Gasteiger partial charge in [0.05, 0.1) is 11.3 Å². The fourth-order valence-electron chi connectivity index (χ4n) is 2.70. The molecular weight excluding hydrogens is 340 g/mol. The van der Waals surface area contributed by atoms with Crippen LogP contribution < -0.4 is 16.4 Å². The summed E-state index contributed by atoms with van der Waals surface area (Å²) >= 11 is 0. The highest BCUT2D eigenvalue weighted by molar-refractivity contribution is 6.06. The third-order valence-electron chi connectivity index (χ3n) is 4.10. The summed E-state index contributed by atoms with van der Waals surface area (Å²) in [6.07, 6.45) is 7.64. The van der Waals surface area contributed by atoms with E-state index in [0.717, 1.165) is 30.2 Å². The first-order chi connectivity index (χ1) is 13.0. The molecule has 0 aliphatic rings. The van der Waals surface area contributed by atoms with E-state index in [2.05, 4.69) is 28.8 Å². The molecule has 0 aliphatic carbocycles. The molecule has 27 heavy (non-hydrogen) atoms. The third kappa shape index (κ3) is 5.88. The molecule has 0 saturated carbocycles. The Bertz CT molecular complexity index is 864. The molecule has 2 rings (SSSR count). The number of hydrogen-bond donors (Lipinski definition) is 4. The lowest BCUT2D eigenvalue weighted by Crippen LogP contribution is -2.25. The van der Waals surface area contributed by atoms with E-state index in [1.165, 1.54) is 0 Å². The number of aromatic nitrogens is 1. The number of hydrogen-bond acceptors (Lipinski definition) is 3. The smallest absolute Gasteiger partial charge is 0.253 e. The van der Waals surface area contributed by atoms with E-state index in [1.807, 2.05) is 24.3 Å². The summed E-state index contributed by atoms with van der Waals surface area (Å²) in [5, 5.41) is 6.55. The van der Waals surface area contributed by atoms with Crippen molar-refractivity contribution >= 4 is 22.7 Å². The van der Waals surface area contributed by atoms with E-state index in [9.17, 15) is 9.59 Å². The van der Waals surface area contributed by atoms with Gasteiger partial charge in [0.15, 0.2) is 0 Å². The summed E-state index contributed by atoms with van der Waals surface area (Å²) in [6.45, 7) is 7.75. The highest BCUT2D eigenvalue weighted by atomic mass is 16.2. The van der Waals surface area contributed by atoms with Gasteiger partial charge in [-0.3, -0.25) is 9.59 Å². The maximum atomic E-state index is 12.3. The predicted molar refractivity (Wildman–Crippen MR) is 109 cm³/mol. The van der Waals surface area contributed by atoms with Crippen LogP contribution in [0.25, 0.3) is 10.9 Å². The second-order valence-corrected chi connectivity index (χ2v) is 6.20. The lowest BCUT2D eigenvalue weighted by molar-refractivity contribution is -0.120. The first-order valence-corrected chi connectivity index (χ1v) is 8.94. The summed E-state index contributed by atoms with van der Waals surface area (Å²) in [4.78, 5) is 27.3. The van der Waals surface area contributed by atoms with Crippen molar-refractivity contribution in [1.82, 2.24) is 15.6 Å². The topological polar surface area (TPSA) is 100 Å². The van der Waals surface area contributed by atoms with Gasteiger partial charge in [0.2, 0.25) is 5.91 Å². The maximum absolute atomic E-state index is 12.3. The molecule has 0 atom stereocenters. The molecule has 0 saturated heterocycles. The lowest BCUT2D eigenvalue weighted by atomic mass is 10.1. The van der Waals surface area contributed by atoms with Crippen LogP contribution in [0, 0.1) is 0 Å². The normalized spacial score (nSPS) is 11.2. The van der Waals surface area contributed by atoms with E-state index in [-0.39, 0.29) is 11.8 Å². The number of rotatable bonds is 10. The number of carbonyl (C=O) groups excluding carboxylic acids is 2. The number of para-hydroxylation sites is 1. The zero-order chi connectivity index (χ0) is 19.6. The monoisotopic (exact) mass is 366 g/mol. The summed E-state index contributed by atoms with van der Waals surface area (Å²) in [5.41, 5.74) is 7.96.